The summed E-state index contributed by atoms with van der Waals surface area (Å²) in [7, 11) is -4.64. The molecule has 6 aliphatic rings. The third kappa shape index (κ3) is 2.46. The fourth-order valence-electron chi connectivity index (χ4n) is 7.51. The van der Waals surface area contributed by atoms with Crippen LogP contribution in [0.15, 0.2) is 35.9 Å². The number of para-hydroxylation sites is 1. The molecule has 1 amide bonds. The van der Waals surface area contributed by atoms with Crippen molar-refractivity contribution >= 4 is 19.4 Å². The predicted octanol–water partition coefficient (Wildman–Crippen LogP) is 1.16. The van der Waals surface area contributed by atoms with Gasteiger partial charge in [-0.3, -0.25) is 9.69 Å². The van der Waals surface area contributed by atoms with E-state index < -0.39 is 7.82 Å². The minimum atomic E-state index is -4.64. The Bertz CT molecular complexity index is 999. The number of ether oxygens (including phenoxy) is 1. The summed E-state index contributed by atoms with van der Waals surface area (Å²) in [5, 5.41) is 0. The van der Waals surface area contributed by atoms with Gasteiger partial charge in [0.2, 0.25) is 5.91 Å². The molecule has 8 nitrogen and oxygen atoms in total. The van der Waals surface area contributed by atoms with Crippen molar-refractivity contribution in [2.45, 2.75) is 42.9 Å². The number of benzene rings is 1. The number of fused-ring (bicyclic) bond motifs is 2. The smallest absolute Gasteiger partial charge is 0.373 e. The van der Waals surface area contributed by atoms with E-state index in [9.17, 15) is 4.79 Å². The maximum atomic E-state index is 13.2. The summed E-state index contributed by atoms with van der Waals surface area (Å²) in [5.74, 6) is 1.35. The van der Waals surface area contributed by atoms with Gasteiger partial charge in [0, 0.05) is 29.6 Å². The van der Waals surface area contributed by atoms with Crippen molar-refractivity contribution in [2.75, 3.05) is 24.6 Å². The molecule has 1 aliphatic carbocycles. The Kier molecular flexibility index (Phi) is 3.99. The van der Waals surface area contributed by atoms with E-state index in [4.69, 9.17) is 24.0 Å². The molecule has 0 radical (unpaired) electrons. The molecule has 1 aromatic carbocycles. The van der Waals surface area contributed by atoms with Crippen molar-refractivity contribution < 1.29 is 28.8 Å². The first-order valence-electron chi connectivity index (χ1n) is 10.5. The highest BCUT2D eigenvalue weighted by atomic mass is 31.2. The van der Waals surface area contributed by atoms with Crippen molar-refractivity contribution in [3.63, 3.8) is 0 Å². The van der Waals surface area contributed by atoms with Gasteiger partial charge in [0.05, 0.1) is 25.2 Å². The van der Waals surface area contributed by atoms with Crippen LogP contribution in [0.2, 0.25) is 0 Å². The van der Waals surface area contributed by atoms with Crippen LogP contribution in [0.4, 0.5) is 5.69 Å². The average molecular weight is 432 g/mol. The van der Waals surface area contributed by atoms with Crippen LogP contribution >= 0.6 is 7.82 Å². The molecular formula is C21H25N2O6P. The summed E-state index contributed by atoms with van der Waals surface area (Å²) in [5.41, 5.74) is 4.35. The molecule has 3 saturated heterocycles. The van der Waals surface area contributed by atoms with Gasteiger partial charge in [0.1, 0.15) is 0 Å². The second-order valence-electron chi connectivity index (χ2n) is 9.29. The van der Waals surface area contributed by atoms with E-state index in [1.54, 1.807) is 5.57 Å². The zero-order valence-electron chi connectivity index (χ0n) is 16.4. The lowest BCUT2D eigenvalue weighted by Crippen LogP contribution is -2.69. The van der Waals surface area contributed by atoms with Gasteiger partial charge in [-0.25, -0.2) is 4.57 Å². The van der Waals surface area contributed by atoms with Crippen molar-refractivity contribution in [2.24, 2.45) is 11.8 Å². The third-order valence-electron chi connectivity index (χ3n) is 8.22. The molecule has 7 rings (SSSR count). The van der Waals surface area contributed by atoms with Crippen LogP contribution in [0.3, 0.4) is 0 Å². The first kappa shape index (κ1) is 19.2. The molecule has 5 aliphatic heterocycles. The fraction of sp³-hybridized carbons (Fsp3) is 0.571. The predicted molar refractivity (Wildman–Crippen MR) is 108 cm³/mol. The number of nitrogens with zero attached hydrogens (tertiary/aromatic N) is 2. The Morgan fingerprint density at radius 2 is 1.97 bits per heavy atom. The van der Waals surface area contributed by atoms with Crippen LogP contribution < -0.4 is 4.90 Å². The molecule has 2 bridgehead atoms. The van der Waals surface area contributed by atoms with Crippen molar-refractivity contribution in [3.8, 4) is 0 Å². The van der Waals surface area contributed by atoms with Gasteiger partial charge < -0.3 is 24.3 Å². The van der Waals surface area contributed by atoms with E-state index >= 15 is 0 Å². The highest BCUT2D eigenvalue weighted by molar-refractivity contribution is 7.45. The van der Waals surface area contributed by atoms with Gasteiger partial charge in [-0.05, 0) is 36.9 Å². The zero-order valence-corrected chi connectivity index (χ0v) is 17.3. The van der Waals surface area contributed by atoms with Gasteiger partial charge in [0.25, 0.3) is 0 Å². The zero-order chi connectivity index (χ0) is 20.8. The number of anilines is 1. The fourth-order valence-corrected chi connectivity index (χ4v) is 7.51. The Labute approximate surface area is 174 Å². The normalized spacial score (nSPS) is 40.2. The maximum Gasteiger partial charge on any atom is 0.466 e. The van der Waals surface area contributed by atoms with Crippen LogP contribution in [0.5, 0.6) is 0 Å². The molecule has 9 heteroatoms. The molecular weight excluding hydrogens is 407 g/mol. The molecule has 6 atom stereocenters. The summed E-state index contributed by atoms with van der Waals surface area (Å²) in [6.07, 6.45) is 5.43. The SMILES string of the molecule is O=C1CC2OCC=C3CN4CCC56c7ccccc7N1C5C2C3CC46.O=P(O)(O)O. The molecule has 1 spiro atoms. The van der Waals surface area contributed by atoms with Crippen molar-refractivity contribution in [1.29, 1.82) is 0 Å². The lowest BCUT2D eigenvalue weighted by molar-refractivity contribution is -0.132. The second-order valence-corrected chi connectivity index (χ2v) is 10.3. The average Bonchev–Trinajstić information content (AvgIpc) is 3.15. The summed E-state index contributed by atoms with van der Waals surface area (Å²) < 4.78 is 15.1. The molecule has 30 heavy (non-hydrogen) atoms. The first-order chi connectivity index (χ1) is 14.3. The molecule has 0 aromatic heterocycles. The number of phosphoric acid groups is 1. The molecule has 5 heterocycles. The number of carbonyl (C=O) groups is 1. The molecule has 3 N–H and O–H groups in total. The lowest BCUT2D eigenvalue weighted by Gasteiger charge is -2.58. The molecule has 6 unspecified atom stereocenters. The van der Waals surface area contributed by atoms with Crippen molar-refractivity contribution in [1.82, 2.24) is 4.90 Å². The highest BCUT2D eigenvalue weighted by Gasteiger charge is 2.70. The third-order valence-corrected chi connectivity index (χ3v) is 8.22. The topological polar surface area (TPSA) is 111 Å². The largest absolute Gasteiger partial charge is 0.466 e. The maximum absolute atomic E-state index is 13.2. The number of rotatable bonds is 0. The van der Waals surface area contributed by atoms with Crippen LogP contribution in [0.25, 0.3) is 0 Å². The molecule has 1 saturated carbocycles. The minimum absolute atomic E-state index is 0.104. The van der Waals surface area contributed by atoms with Crippen molar-refractivity contribution in [3.05, 3.63) is 41.5 Å². The lowest BCUT2D eigenvalue weighted by atomic mass is 9.53. The quantitative estimate of drug-likeness (QED) is 0.417. The van der Waals surface area contributed by atoms with E-state index in [0.717, 1.165) is 6.54 Å². The van der Waals surface area contributed by atoms with Gasteiger partial charge in [-0.2, -0.15) is 0 Å². The van der Waals surface area contributed by atoms with Crippen LogP contribution in [-0.4, -0.2) is 63.4 Å². The number of amides is 1. The number of piperidine rings is 2. The summed E-state index contributed by atoms with van der Waals surface area (Å²) in [4.78, 5) is 39.6. The number of hydrogen-bond donors (Lipinski definition) is 3. The van der Waals surface area contributed by atoms with E-state index in [1.165, 1.54) is 30.6 Å². The van der Waals surface area contributed by atoms with Gasteiger partial charge >= 0.3 is 7.82 Å². The van der Waals surface area contributed by atoms with E-state index in [1.807, 2.05) is 0 Å². The summed E-state index contributed by atoms with van der Waals surface area (Å²) in [6, 6.07) is 9.64. The van der Waals surface area contributed by atoms with Crippen LogP contribution in [0, 0.1) is 11.8 Å². The first-order valence-corrected chi connectivity index (χ1v) is 12.1. The van der Waals surface area contributed by atoms with E-state index in [2.05, 4.69) is 40.1 Å². The molecule has 4 fully saturated rings. The Morgan fingerprint density at radius 1 is 1.20 bits per heavy atom. The number of hydrogen-bond acceptors (Lipinski definition) is 4. The molecule has 1 aromatic rings. The van der Waals surface area contributed by atoms with E-state index in [-0.39, 0.29) is 17.4 Å². The van der Waals surface area contributed by atoms with Crippen LogP contribution in [-0.2, 0) is 19.5 Å². The molecule has 160 valence electrons. The monoisotopic (exact) mass is 432 g/mol. The Hall–Kier alpha value is -1.54. The second kappa shape index (κ2) is 6.25. The Balaban J connectivity index is 0.000000318. The summed E-state index contributed by atoms with van der Waals surface area (Å²) in [6.45, 7) is 2.97. The highest BCUT2D eigenvalue weighted by Crippen LogP contribution is 2.65. The number of carbonyl (C=O) groups excluding carboxylic acids is 1. The standard InChI is InChI=1S/C21H22N2O2.H3O4P/c24-18-10-16-19-13-9-17-21(6-7-22(17)11-12(13)5-8-25-16)14-3-1-2-4-15(14)23(18)20(19)21;1-5(2,3)4/h1-5,13,16-17,19-20H,6-11H2;(H3,1,2,3,4). The van der Waals surface area contributed by atoms with Gasteiger partial charge in [0.15, 0.2) is 0 Å². The van der Waals surface area contributed by atoms with Crippen LogP contribution in [0.1, 0.15) is 24.8 Å². The van der Waals surface area contributed by atoms with E-state index in [0.29, 0.717) is 36.9 Å². The Morgan fingerprint density at radius 3 is 2.77 bits per heavy atom. The van der Waals surface area contributed by atoms with Gasteiger partial charge in [-0.15, -0.1) is 0 Å². The summed E-state index contributed by atoms with van der Waals surface area (Å²) >= 11 is 0. The van der Waals surface area contributed by atoms with Gasteiger partial charge in [-0.1, -0.05) is 29.8 Å². The minimum Gasteiger partial charge on any atom is -0.373 e.